The van der Waals surface area contributed by atoms with Gasteiger partial charge in [-0.2, -0.15) is 0 Å². The lowest BCUT2D eigenvalue weighted by Crippen LogP contribution is -2.44. The molecular weight excluding hydrogens is 282 g/mol. The van der Waals surface area contributed by atoms with E-state index < -0.39 is 0 Å². The molecule has 2 rings (SSSR count). The Morgan fingerprint density at radius 2 is 2.12 bits per heavy atom. The Hall–Kier alpha value is -1.03. The van der Waals surface area contributed by atoms with Crippen LogP contribution in [0.5, 0.6) is 5.75 Å². The summed E-state index contributed by atoms with van der Waals surface area (Å²) in [7, 11) is 0. The second-order valence-electron chi connectivity index (χ2n) is 4.11. The van der Waals surface area contributed by atoms with E-state index in [4.69, 9.17) is 4.74 Å². The zero-order chi connectivity index (χ0) is 12.3. The van der Waals surface area contributed by atoms with Crippen molar-refractivity contribution in [3.05, 3.63) is 24.3 Å². The van der Waals surface area contributed by atoms with E-state index in [-0.39, 0.29) is 12.0 Å². The quantitative estimate of drug-likeness (QED) is 0.632. The van der Waals surface area contributed by atoms with Crippen molar-refractivity contribution in [3.63, 3.8) is 0 Å². The fraction of sp³-hybridized carbons (Fsp3) is 0.462. The summed E-state index contributed by atoms with van der Waals surface area (Å²) >= 11 is 3.40. The van der Waals surface area contributed by atoms with Crippen LogP contribution in [0.4, 0.5) is 5.69 Å². The maximum atomic E-state index is 12.1. The summed E-state index contributed by atoms with van der Waals surface area (Å²) in [6.07, 6.45) is 1.69. The van der Waals surface area contributed by atoms with Crippen molar-refractivity contribution < 1.29 is 9.53 Å². The number of amides is 1. The third-order valence-electron chi connectivity index (χ3n) is 2.84. The number of para-hydroxylation sites is 2. The van der Waals surface area contributed by atoms with Crippen LogP contribution in [-0.4, -0.2) is 23.9 Å². The normalized spacial score (nSPS) is 18.8. The minimum atomic E-state index is -0.381. The first-order chi connectivity index (χ1) is 8.24. The maximum absolute atomic E-state index is 12.1. The molecule has 17 heavy (non-hydrogen) atoms. The highest BCUT2D eigenvalue weighted by Crippen LogP contribution is 2.33. The molecule has 0 N–H and O–H groups in total. The number of nitrogens with zero attached hydrogens (tertiary/aromatic N) is 1. The molecule has 1 aliphatic heterocycles. The third-order valence-corrected chi connectivity index (χ3v) is 3.40. The number of hydrogen-bond donors (Lipinski definition) is 0. The number of carbonyl (C=O) groups is 1. The molecule has 0 saturated heterocycles. The highest BCUT2D eigenvalue weighted by atomic mass is 79.9. The van der Waals surface area contributed by atoms with Crippen molar-refractivity contribution in [1.82, 2.24) is 0 Å². The number of fused-ring (bicyclic) bond motifs is 1. The van der Waals surface area contributed by atoms with Crippen LogP contribution < -0.4 is 9.64 Å². The topological polar surface area (TPSA) is 29.5 Å². The molecule has 3 nitrogen and oxygen atoms in total. The summed E-state index contributed by atoms with van der Waals surface area (Å²) in [4.78, 5) is 13.9. The van der Waals surface area contributed by atoms with Gasteiger partial charge in [-0.25, -0.2) is 0 Å². The van der Waals surface area contributed by atoms with Gasteiger partial charge in [-0.15, -0.1) is 0 Å². The Labute approximate surface area is 110 Å². The number of ether oxygens (including phenoxy) is 1. The van der Waals surface area contributed by atoms with E-state index in [1.165, 1.54) is 0 Å². The number of rotatable bonds is 4. The van der Waals surface area contributed by atoms with Gasteiger partial charge in [-0.1, -0.05) is 28.1 Å². The van der Waals surface area contributed by atoms with Gasteiger partial charge in [0.1, 0.15) is 5.75 Å². The lowest BCUT2D eigenvalue weighted by molar-refractivity contribution is -0.125. The Balaban J connectivity index is 2.20. The van der Waals surface area contributed by atoms with Crippen molar-refractivity contribution in [1.29, 1.82) is 0 Å². The lowest BCUT2D eigenvalue weighted by Gasteiger charge is -2.32. The van der Waals surface area contributed by atoms with Crippen molar-refractivity contribution in [3.8, 4) is 5.75 Å². The van der Waals surface area contributed by atoms with Gasteiger partial charge in [0.2, 0.25) is 0 Å². The van der Waals surface area contributed by atoms with E-state index in [9.17, 15) is 4.79 Å². The van der Waals surface area contributed by atoms with Crippen LogP contribution in [0.2, 0.25) is 0 Å². The Kier molecular flexibility index (Phi) is 4.05. The highest BCUT2D eigenvalue weighted by Gasteiger charge is 2.30. The molecule has 0 fully saturated rings. The minimum absolute atomic E-state index is 0.0540. The second kappa shape index (κ2) is 5.54. The summed E-state index contributed by atoms with van der Waals surface area (Å²) in [6, 6.07) is 7.71. The molecule has 1 amide bonds. The van der Waals surface area contributed by atoms with Crippen molar-refractivity contribution in [2.45, 2.75) is 25.9 Å². The lowest BCUT2D eigenvalue weighted by atomic mass is 10.1. The van der Waals surface area contributed by atoms with Gasteiger partial charge in [0, 0.05) is 11.9 Å². The van der Waals surface area contributed by atoms with E-state index in [0.717, 1.165) is 36.2 Å². The van der Waals surface area contributed by atoms with Gasteiger partial charge in [-0.05, 0) is 31.9 Å². The van der Waals surface area contributed by atoms with E-state index in [1.807, 2.05) is 29.2 Å². The standard InChI is InChI=1S/C13H16BrNO2/c1-10-13(16)15(9-5-4-8-14)11-6-2-3-7-12(11)17-10/h2-3,6-7,10H,4-5,8-9H2,1H3. The molecule has 0 saturated carbocycles. The number of benzene rings is 1. The van der Waals surface area contributed by atoms with E-state index in [0.29, 0.717) is 0 Å². The van der Waals surface area contributed by atoms with Crippen LogP contribution in [-0.2, 0) is 4.79 Å². The molecule has 0 spiro atoms. The number of halogens is 1. The van der Waals surface area contributed by atoms with Crippen molar-refractivity contribution in [2.24, 2.45) is 0 Å². The predicted octanol–water partition coefficient (Wildman–Crippen LogP) is 2.98. The smallest absolute Gasteiger partial charge is 0.267 e. The summed E-state index contributed by atoms with van der Waals surface area (Å²) < 4.78 is 5.58. The zero-order valence-corrected chi connectivity index (χ0v) is 11.4. The van der Waals surface area contributed by atoms with E-state index >= 15 is 0 Å². The maximum Gasteiger partial charge on any atom is 0.267 e. The largest absolute Gasteiger partial charge is 0.479 e. The van der Waals surface area contributed by atoms with E-state index in [2.05, 4.69) is 15.9 Å². The SMILES string of the molecule is CC1Oc2ccccc2N(CCCCBr)C1=O. The monoisotopic (exact) mass is 297 g/mol. The molecule has 1 aromatic rings. The molecule has 1 aliphatic rings. The summed E-state index contributed by atoms with van der Waals surface area (Å²) in [6.45, 7) is 2.56. The molecule has 4 heteroatoms. The average Bonchev–Trinajstić information content (AvgIpc) is 2.34. The number of unbranched alkanes of at least 4 members (excludes halogenated alkanes) is 1. The molecule has 92 valence electrons. The number of anilines is 1. The van der Waals surface area contributed by atoms with Gasteiger partial charge >= 0.3 is 0 Å². The fourth-order valence-corrected chi connectivity index (χ4v) is 2.35. The number of hydrogen-bond acceptors (Lipinski definition) is 2. The van der Waals surface area contributed by atoms with Crippen molar-refractivity contribution in [2.75, 3.05) is 16.8 Å². The fourth-order valence-electron chi connectivity index (χ4n) is 1.95. The van der Waals surface area contributed by atoms with Gasteiger partial charge in [0.25, 0.3) is 5.91 Å². The van der Waals surface area contributed by atoms with Crippen LogP contribution in [0.25, 0.3) is 0 Å². The van der Waals surface area contributed by atoms with Gasteiger partial charge < -0.3 is 9.64 Å². The first kappa shape index (κ1) is 12.4. The van der Waals surface area contributed by atoms with Crippen LogP contribution >= 0.6 is 15.9 Å². The first-order valence-electron chi connectivity index (χ1n) is 5.87. The molecule has 1 unspecified atom stereocenters. The Morgan fingerprint density at radius 1 is 1.35 bits per heavy atom. The first-order valence-corrected chi connectivity index (χ1v) is 6.99. The molecule has 1 aromatic carbocycles. The molecule has 1 atom stereocenters. The molecule has 0 radical (unpaired) electrons. The summed E-state index contributed by atoms with van der Waals surface area (Å²) in [5.74, 6) is 0.858. The third kappa shape index (κ3) is 2.63. The minimum Gasteiger partial charge on any atom is -0.479 e. The van der Waals surface area contributed by atoms with Crippen LogP contribution in [0.1, 0.15) is 19.8 Å². The second-order valence-corrected chi connectivity index (χ2v) is 4.91. The van der Waals surface area contributed by atoms with Gasteiger partial charge in [0.05, 0.1) is 5.69 Å². The highest BCUT2D eigenvalue weighted by molar-refractivity contribution is 9.09. The van der Waals surface area contributed by atoms with Crippen molar-refractivity contribution >= 4 is 27.5 Å². The van der Waals surface area contributed by atoms with Crippen LogP contribution in [0.3, 0.4) is 0 Å². The number of carbonyl (C=O) groups excluding carboxylic acids is 1. The van der Waals surface area contributed by atoms with Gasteiger partial charge in [-0.3, -0.25) is 4.79 Å². The van der Waals surface area contributed by atoms with Gasteiger partial charge in [0.15, 0.2) is 6.10 Å². The van der Waals surface area contributed by atoms with E-state index in [1.54, 1.807) is 6.92 Å². The average molecular weight is 298 g/mol. The molecule has 0 aliphatic carbocycles. The molecular formula is C13H16BrNO2. The zero-order valence-electron chi connectivity index (χ0n) is 9.86. The van der Waals surface area contributed by atoms with Crippen LogP contribution in [0.15, 0.2) is 24.3 Å². The Bertz CT molecular complexity index is 408. The predicted molar refractivity (Wildman–Crippen MR) is 71.9 cm³/mol. The summed E-state index contributed by atoms with van der Waals surface area (Å²) in [5.41, 5.74) is 0.894. The molecule has 1 heterocycles. The van der Waals surface area contributed by atoms with Crippen LogP contribution in [0, 0.1) is 0 Å². The molecule has 0 aromatic heterocycles. The Morgan fingerprint density at radius 3 is 2.88 bits per heavy atom. The number of alkyl halides is 1. The molecule has 0 bridgehead atoms. The summed E-state index contributed by atoms with van der Waals surface area (Å²) in [5, 5.41) is 0.975.